The molecule has 1 aromatic heterocycles. The number of carbonyl (C=O) groups excluding carboxylic acids is 1. The number of rotatable bonds is 8. The number of halogens is 1. The van der Waals surface area contributed by atoms with Gasteiger partial charge >= 0.3 is 6.09 Å². The fourth-order valence-corrected chi connectivity index (χ4v) is 7.48. The second-order valence-electron chi connectivity index (χ2n) is 13.6. The Balaban J connectivity index is 1.73. The Morgan fingerprint density at radius 3 is 2.55 bits per heavy atom. The topological polar surface area (TPSA) is 97.0 Å². The number of fused-ring (bicyclic) bond motifs is 1. The number of carbonyl (C=O) groups is 1. The predicted molar refractivity (Wildman–Crippen MR) is 173 cm³/mol. The summed E-state index contributed by atoms with van der Waals surface area (Å²) in [6.07, 6.45) is 1.63. The molecule has 1 amide bonds. The van der Waals surface area contributed by atoms with Crippen LogP contribution in [0.2, 0.25) is 25.7 Å². The minimum atomic E-state index is -1.35. The van der Waals surface area contributed by atoms with Gasteiger partial charge in [0.25, 0.3) is 0 Å². The van der Waals surface area contributed by atoms with E-state index in [4.69, 9.17) is 24.5 Å². The molecule has 8 nitrogen and oxygen atoms in total. The van der Waals surface area contributed by atoms with Crippen LogP contribution in [0.1, 0.15) is 56.5 Å². The highest BCUT2D eigenvalue weighted by molar-refractivity contribution is 8.15. The molecule has 2 aromatic rings. The van der Waals surface area contributed by atoms with E-state index in [1.807, 2.05) is 33.8 Å². The van der Waals surface area contributed by atoms with Crippen LogP contribution in [-0.2, 0) is 19.7 Å². The van der Waals surface area contributed by atoms with E-state index in [1.54, 1.807) is 31.4 Å². The van der Waals surface area contributed by atoms with Crippen molar-refractivity contribution in [1.82, 2.24) is 9.88 Å². The quantitative estimate of drug-likeness (QED) is 0.137. The SMILES string of the molecule is COC[C@]12CC1[C@@](C)(c1cc(C#Cc3ccc(C#N)cn3)ccc1F)N=C(N(COCC[Si](C)(C)C)C(=O)OC(C)(C)C)S2. The van der Waals surface area contributed by atoms with Gasteiger partial charge in [-0.15, -0.1) is 0 Å². The standard InChI is InChI=1S/C33H41FN4O4SSi/c1-31(2,3)42-30(39)38(22-41-15-16-44(6,7)8)29-37-32(4,28-18-33(28,43-29)21-40-5)26-17-23(11-14-27(26)34)9-12-25-13-10-24(19-35)20-36-25/h10-11,13-14,17,20,28H,15-16,18,21-22H2,1-8H3/t28?,32-,33-/m1/s1. The summed E-state index contributed by atoms with van der Waals surface area (Å²) in [6, 6.07) is 11.1. The van der Waals surface area contributed by atoms with Gasteiger partial charge in [-0.05, 0) is 76.4 Å². The van der Waals surface area contributed by atoms with E-state index in [9.17, 15) is 4.79 Å². The fraction of sp³-hybridized carbons (Fsp3) is 0.515. The molecule has 2 aliphatic rings. The highest BCUT2D eigenvalue weighted by atomic mass is 32.2. The first-order chi connectivity index (χ1) is 20.6. The van der Waals surface area contributed by atoms with Crippen molar-refractivity contribution in [1.29, 1.82) is 5.26 Å². The molecule has 0 saturated heterocycles. The van der Waals surface area contributed by atoms with Gasteiger partial charge in [-0.1, -0.05) is 37.3 Å². The van der Waals surface area contributed by atoms with Crippen molar-refractivity contribution in [2.45, 2.75) is 75.7 Å². The highest BCUT2D eigenvalue weighted by Crippen LogP contribution is 2.66. The van der Waals surface area contributed by atoms with Crippen LogP contribution in [0, 0.1) is 34.9 Å². The number of pyridine rings is 1. The van der Waals surface area contributed by atoms with Gasteiger partial charge in [-0.25, -0.2) is 19.1 Å². The van der Waals surface area contributed by atoms with Crippen LogP contribution in [-0.4, -0.2) is 66.6 Å². The Bertz CT molecular complexity index is 1520. The molecular weight excluding hydrogens is 596 g/mol. The first-order valence-corrected chi connectivity index (χ1v) is 19.2. The van der Waals surface area contributed by atoms with Crippen LogP contribution in [0.15, 0.2) is 41.5 Å². The van der Waals surface area contributed by atoms with Gasteiger partial charge in [0, 0.05) is 45.0 Å². The zero-order valence-electron chi connectivity index (χ0n) is 26.8. The summed E-state index contributed by atoms with van der Waals surface area (Å²) in [5, 5.41) is 9.43. The van der Waals surface area contributed by atoms with Crippen LogP contribution < -0.4 is 0 Å². The lowest BCUT2D eigenvalue weighted by atomic mass is 9.85. The summed E-state index contributed by atoms with van der Waals surface area (Å²) in [7, 11) is 0.291. The summed E-state index contributed by atoms with van der Waals surface area (Å²) in [6.45, 7) is 15.1. The second kappa shape index (κ2) is 13.0. The van der Waals surface area contributed by atoms with Gasteiger partial charge in [0.1, 0.15) is 29.9 Å². The largest absolute Gasteiger partial charge is 0.443 e. The molecule has 1 aromatic carbocycles. The molecule has 3 atom stereocenters. The molecule has 44 heavy (non-hydrogen) atoms. The van der Waals surface area contributed by atoms with Crippen molar-refractivity contribution in [3.63, 3.8) is 0 Å². The maximum absolute atomic E-state index is 15.7. The van der Waals surface area contributed by atoms with E-state index in [0.29, 0.717) is 40.8 Å². The summed E-state index contributed by atoms with van der Waals surface area (Å²) in [5.74, 6) is 5.62. The number of aliphatic imine (C=N–C) groups is 1. The third-order valence-corrected chi connectivity index (χ3v) is 10.7. The second-order valence-corrected chi connectivity index (χ2v) is 20.6. The van der Waals surface area contributed by atoms with Crippen LogP contribution in [0.4, 0.5) is 9.18 Å². The van der Waals surface area contributed by atoms with Gasteiger partial charge in [-0.3, -0.25) is 4.99 Å². The Morgan fingerprint density at radius 1 is 1.20 bits per heavy atom. The Kier molecular flexibility index (Phi) is 9.96. The molecule has 1 aliphatic carbocycles. The molecule has 0 spiro atoms. The van der Waals surface area contributed by atoms with E-state index in [2.05, 4.69) is 36.5 Å². The summed E-state index contributed by atoms with van der Waals surface area (Å²) >= 11 is 1.47. The number of ether oxygens (including phenoxy) is 3. The smallest absolute Gasteiger partial charge is 0.418 e. The summed E-state index contributed by atoms with van der Waals surface area (Å²) in [5.41, 5.74) is 0.196. The summed E-state index contributed by atoms with van der Waals surface area (Å²) < 4.78 is 32.7. The molecule has 1 unspecified atom stereocenters. The maximum atomic E-state index is 15.7. The van der Waals surface area contributed by atoms with Crippen molar-refractivity contribution in [3.8, 4) is 17.9 Å². The number of thioether (sulfide) groups is 1. The molecule has 234 valence electrons. The molecule has 1 fully saturated rings. The van der Waals surface area contributed by atoms with Crippen LogP contribution in [0.25, 0.3) is 0 Å². The third-order valence-electron chi connectivity index (χ3n) is 7.51. The lowest BCUT2D eigenvalue weighted by Gasteiger charge is -2.38. The van der Waals surface area contributed by atoms with E-state index in [1.165, 1.54) is 28.9 Å². The fourth-order valence-electron chi connectivity index (χ4n) is 5.09. The number of amidine groups is 1. The van der Waals surface area contributed by atoms with Crippen LogP contribution in [0.3, 0.4) is 0 Å². The van der Waals surface area contributed by atoms with E-state index >= 15 is 4.39 Å². The van der Waals surface area contributed by atoms with Crippen molar-refractivity contribution in [2.24, 2.45) is 10.9 Å². The molecule has 0 radical (unpaired) electrons. The molecule has 11 heteroatoms. The van der Waals surface area contributed by atoms with Gasteiger partial charge in [-0.2, -0.15) is 5.26 Å². The number of hydrogen-bond donors (Lipinski definition) is 0. The predicted octanol–water partition coefficient (Wildman–Crippen LogP) is 6.76. The molecule has 0 N–H and O–H groups in total. The lowest BCUT2D eigenvalue weighted by Crippen LogP contribution is -2.46. The van der Waals surface area contributed by atoms with Crippen molar-refractivity contribution >= 4 is 31.1 Å². The zero-order chi connectivity index (χ0) is 32.3. The molecule has 4 rings (SSSR count). The first kappa shape index (κ1) is 33.7. The monoisotopic (exact) mass is 636 g/mol. The van der Waals surface area contributed by atoms with Gasteiger partial charge in [0.2, 0.25) is 0 Å². The highest BCUT2D eigenvalue weighted by Gasteiger charge is 2.67. The minimum absolute atomic E-state index is 0.0272. The first-order valence-electron chi connectivity index (χ1n) is 14.6. The number of nitriles is 1. The van der Waals surface area contributed by atoms with Gasteiger partial charge in [0.15, 0.2) is 5.17 Å². The third kappa shape index (κ3) is 8.08. The maximum Gasteiger partial charge on any atom is 0.418 e. The van der Waals surface area contributed by atoms with Crippen molar-refractivity contribution < 1.29 is 23.4 Å². The average Bonchev–Trinajstić information content (AvgIpc) is 3.66. The number of hydrogen-bond acceptors (Lipinski definition) is 8. The normalized spacial score (nSPS) is 22.5. The average molecular weight is 637 g/mol. The molecular formula is C33H41FN4O4SSi. The van der Waals surface area contributed by atoms with E-state index < -0.39 is 31.1 Å². The van der Waals surface area contributed by atoms with Crippen LogP contribution in [0.5, 0.6) is 0 Å². The molecule has 1 saturated carbocycles. The van der Waals surface area contributed by atoms with Gasteiger partial charge in [0.05, 0.1) is 22.5 Å². The number of nitrogens with zero attached hydrogens (tertiary/aromatic N) is 4. The van der Waals surface area contributed by atoms with Crippen molar-refractivity contribution in [2.75, 3.05) is 27.1 Å². The Labute approximate surface area is 265 Å². The van der Waals surface area contributed by atoms with E-state index in [0.717, 1.165) is 12.5 Å². The minimum Gasteiger partial charge on any atom is -0.443 e. The summed E-state index contributed by atoms with van der Waals surface area (Å²) in [4.78, 5) is 24.3. The van der Waals surface area contributed by atoms with Crippen LogP contribution >= 0.6 is 11.8 Å². The van der Waals surface area contributed by atoms with Crippen molar-refractivity contribution in [3.05, 3.63) is 64.7 Å². The molecule has 2 heterocycles. The number of benzene rings is 1. The Hall–Kier alpha value is -3.22. The zero-order valence-corrected chi connectivity index (χ0v) is 28.6. The number of amides is 1. The number of methoxy groups -OCH3 is 1. The number of aromatic nitrogens is 1. The van der Waals surface area contributed by atoms with Gasteiger partial charge < -0.3 is 14.2 Å². The molecule has 0 bridgehead atoms. The van der Waals surface area contributed by atoms with E-state index in [-0.39, 0.29) is 17.4 Å². The molecule has 1 aliphatic heterocycles. The lowest BCUT2D eigenvalue weighted by molar-refractivity contribution is 0.0109. The Morgan fingerprint density at radius 2 is 1.93 bits per heavy atom.